The van der Waals surface area contributed by atoms with Gasteiger partial charge in [0.1, 0.15) is 0 Å². The smallest absolute Gasteiger partial charge is 0.309 e. The van der Waals surface area contributed by atoms with Crippen LogP contribution < -0.4 is 0 Å². The first kappa shape index (κ1) is 10.6. The molecule has 0 aromatic carbocycles. The highest BCUT2D eigenvalue weighted by atomic mass is 16.5. The Kier molecular flexibility index (Phi) is 3.76. The molecule has 2 heteroatoms. The van der Waals surface area contributed by atoms with Gasteiger partial charge in [0.15, 0.2) is 0 Å². The van der Waals surface area contributed by atoms with Crippen LogP contribution in [-0.2, 0) is 9.53 Å². The third-order valence-electron chi connectivity index (χ3n) is 3.18. The van der Waals surface area contributed by atoms with Crippen LogP contribution in [0.3, 0.4) is 0 Å². The predicted molar refractivity (Wildman–Crippen MR) is 52.3 cm³/mol. The number of esters is 1. The van der Waals surface area contributed by atoms with Crippen LogP contribution in [0, 0.1) is 17.8 Å². The molecule has 0 N–H and O–H groups in total. The first-order chi connectivity index (χ1) is 6.22. The molecule has 1 saturated carbocycles. The second-order valence-corrected chi connectivity index (χ2v) is 4.07. The summed E-state index contributed by atoms with van der Waals surface area (Å²) in [5, 5.41) is 0. The number of unbranched alkanes of at least 4 members (excludes halogenated alkanes) is 2. The summed E-state index contributed by atoms with van der Waals surface area (Å²) in [6.45, 7) is 4.35. The van der Waals surface area contributed by atoms with Crippen molar-refractivity contribution in [1.29, 1.82) is 0 Å². The molecule has 0 heterocycles. The van der Waals surface area contributed by atoms with E-state index in [9.17, 15) is 4.79 Å². The van der Waals surface area contributed by atoms with E-state index in [1.54, 1.807) is 0 Å². The van der Waals surface area contributed by atoms with Crippen molar-refractivity contribution < 1.29 is 9.53 Å². The van der Waals surface area contributed by atoms with Gasteiger partial charge in [-0.25, -0.2) is 0 Å². The van der Waals surface area contributed by atoms with Crippen LogP contribution in [0.4, 0.5) is 0 Å². The molecule has 1 aliphatic carbocycles. The average molecular weight is 184 g/mol. The maximum atomic E-state index is 11.2. The summed E-state index contributed by atoms with van der Waals surface area (Å²) in [7, 11) is 1.48. The van der Waals surface area contributed by atoms with Crippen LogP contribution in [0.15, 0.2) is 0 Å². The molecule has 0 aromatic heterocycles. The lowest BCUT2D eigenvalue weighted by Gasteiger charge is -1.97. The van der Waals surface area contributed by atoms with E-state index in [1.165, 1.54) is 32.8 Å². The summed E-state index contributed by atoms with van der Waals surface area (Å²) in [4.78, 5) is 11.2. The van der Waals surface area contributed by atoms with Gasteiger partial charge in [0.05, 0.1) is 13.0 Å². The van der Waals surface area contributed by atoms with Crippen molar-refractivity contribution in [2.45, 2.75) is 39.5 Å². The summed E-state index contributed by atoms with van der Waals surface area (Å²) in [5.41, 5.74) is 0. The predicted octanol–water partition coefficient (Wildman–Crippen LogP) is 2.62. The van der Waals surface area contributed by atoms with Crippen molar-refractivity contribution in [3.63, 3.8) is 0 Å². The number of hydrogen-bond acceptors (Lipinski definition) is 2. The second kappa shape index (κ2) is 4.64. The van der Waals surface area contributed by atoms with Crippen molar-refractivity contribution >= 4 is 5.97 Å². The fourth-order valence-electron chi connectivity index (χ4n) is 2.14. The fourth-order valence-corrected chi connectivity index (χ4v) is 2.14. The molecule has 0 bridgehead atoms. The van der Waals surface area contributed by atoms with Gasteiger partial charge in [-0.05, 0) is 18.3 Å². The van der Waals surface area contributed by atoms with Gasteiger partial charge in [0.2, 0.25) is 0 Å². The van der Waals surface area contributed by atoms with Crippen molar-refractivity contribution in [3.05, 3.63) is 0 Å². The summed E-state index contributed by atoms with van der Waals surface area (Å²) in [6, 6.07) is 0. The minimum Gasteiger partial charge on any atom is -0.469 e. The van der Waals surface area contributed by atoms with Gasteiger partial charge < -0.3 is 4.74 Å². The Morgan fingerprint density at radius 1 is 1.38 bits per heavy atom. The number of carbonyl (C=O) groups is 1. The van der Waals surface area contributed by atoms with Crippen LogP contribution in [0.1, 0.15) is 39.5 Å². The van der Waals surface area contributed by atoms with Crippen LogP contribution >= 0.6 is 0 Å². The van der Waals surface area contributed by atoms with Gasteiger partial charge >= 0.3 is 5.97 Å². The van der Waals surface area contributed by atoms with Gasteiger partial charge in [0, 0.05) is 0 Å². The largest absolute Gasteiger partial charge is 0.469 e. The molecule has 0 radical (unpaired) electrons. The third kappa shape index (κ3) is 2.45. The van der Waals surface area contributed by atoms with Gasteiger partial charge in [-0.3, -0.25) is 4.79 Å². The van der Waals surface area contributed by atoms with Crippen LogP contribution in [0.5, 0.6) is 0 Å². The molecule has 2 nitrogen and oxygen atoms in total. The SMILES string of the molecule is CCCCC[C@@H]1[C@@H](C)[C@@H]1C(=O)OC. The quantitative estimate of drug-likeness (QED) is 0.485. The van der Waals surface area contributed by atoms with E-state index in [2.05, 4.69) is 13.8 Å². The van der Waals surface area contributed by atoms with Crippen molar-refractivity contribution in [2.75, 3.05) is 7.11 Å². The van der Waals surface area contributed by atoms with E-state index in [4.69, 9.17) is 4.74 Å². The van der Waals surface area contributed by atoms with Crippen LogP contribution in [0.2, 0.25) is 0 Å². The molecule has 1 aliphatic rings. The topological polar surface area (TPSA) is 26.3 Å². The highest BCUT2D eigenvalue weighted by Crippen LogP contribution is 2.49. The number of methoxy groups -OCH3 is 1. The molecule has 76 valence electrons. The second-order valence-electron chi connectivity index (χ2n) is 4.07. The van der Waals surface area contributed by atoms with Gasteiger partial charge in [-0.15, -0.1) is 0 Å². The summed E-state index contributed by atoms with van der Waals surface area (Å²) in [5.74, 6) is 1.37. The molecule has 0 aliphatic heterocycles. The Balaban J connectivity index is 2.20. The highest BCUT2D eigenvalue weighted by molar-refractivity contribution is 5.76. The lowest BCUT2D eigenvalue weighted by molar-refractivity contribution is -0.142. The third-order valence-corrected chi connectivity index (χ3v) is 3.18. The molecule has 13 heavy (non-hydrogen) atoms. The van der Waals surface area contributed by atoms with Gasteiger partial charge in [0.25, 0.3) is 0 Å². The van der Waals surface area contributed by atoms with E-state index in [0.29, 0.717) is 11.8 Å². The van der Waals surface area contributed by atoms with Crippen LogP contribution in [-0.4, -0.2) is 13.1 Å². The summed E-state index contributed by atoms with van der Waals surface area (Å²) < 4.78 is 4.74. The molecular formula is C11H20O2. The molecule has 0 unspecified atom stereocenters. The molecular weight excluding hydrogens is 164 g/mol. The number of hydrogen-bond donors (Lipinski definition) is 0. The lowest BCUT2D eigenvalue weighted by Crippen LogP contribution is -2.05. The average Bonchev–Trinajstić information content (AvgIpc) is 2.76. The Morgan fingerprint density at radius 3 is 2.62 bits per heavy atom. The van der Waals surface area contributed by atoms with E-state index in [1.807, 2.05) is 0 Å². The summed E-state index contributed by atoms with van der Waals surface area (Å²) in [6.07, 6.45) is 5.01. The number of carbonyl (C=O) groups excluding carboxylic acids is 1. The van der Waals surface area contributed by atoms with Crippen molar-refractivity contribution in [2.24, 2.45) is 17.8 Å². The molecule has 0 saturated heterocycles. The van der Waals surface area contributed by atoms with Crippen molar-refractivity contribution in [1.82, 2.24) is 0 Å². The van der Waals surface area contributed by atoms with E-state index in [-0.39, 0.29) is 11.9 Å². The fraction of sp³-hybridized carbons (Fsp3) is 0.909. The Labute approximate surface area is 80.7 Å². The molecule has 1 rings (SSSR count). The van der Waals surface area contributed by atoms with E-state index >= 15 is 0 Å². The zero-order chi connectivity index (χ0) is 9.84. The first-order valence-electron chi connectivity index (χ1n) is 5.30. The van der Waals surface area contributed by atoms with Gasteiger partial charge in [-0.2, -0.15) is 0 Å². The lowest BCUT2D eigenvalue weighted by atomic mass is 10.1. The minimum absolute atomic E-state index is 0.00556. The Morgan fingerprint density at radius 2 is 2.08 bits per heavy atom. The molecule has 3 atom stereocenters. The molecule has 0 aromatic rings. The van der Waals surface area contributed by atoms with Crippen molar-refractivity contribution in [3.8, 4) is 0 Å². The maximum Gasteiger partial charge on any atom is 0.309 e. The Bertz CT molecular complexity index is 177. The minimum atomic E-state index is -0.00556. The zero-order valence-electron chi connectivity index (χ0n) is 8.88. The van der Waals surface area contributed by atoms with E-state index in [0.717, 1.165) is 0 Å². The van der Waals surface area contributed by atoms with Gasteiger partial charge in [-0.1, -0.05) is 33.1 Å². The van der Waals surface area contributed by atoms with E-state index < -0.39 is 0 Å². The standard InChI is InChI=1S/C11H20O2/c1-4-5-6-7-9-8(2)10(9)11(12)13-3/h8-10H,4-7H2,1-3H3/t8-,9-,10+/m1/s1. The van der Waals surface area contributed by atoms with Crippen LogP contribution in [0.25, 0.3) is 0 Å². The molecule has 0 spiro atoms. The zero-order valence-corrected chi connectivity index (χ0v) is 8.88. The normalized spacial score (nSPS) is 31.5. The highest BCUT2D eigenvalue weighted by Gasteiger charge is 2.51. The summed E-state index contributed by atoms with van der Waals surface area (Å²) >= 11 is 0. The molecule has 0 amide bonds. The Hall–Kier alpha value is -0.530. The maximum absolute atomic E-state index is 11.2. The number of ether oxygens (including phenoxy) is 1. The monoisotopic (exact) mass is 184 g/mol. The molecule has 1 fully saturated rings. The first-order valence-corrected chi connectivity index (χ1v) is 5.30. The number of rotatable bonds is 5.